The highest BCUT2D eigenvalue weighted by Crippen LogP contribution is 2.09. The maximum Gasteiger partial charge on any atom is 0.177 e. The number of rotatable bonds is 0. The number of nitrogens with zero attached hydrogens (tertiary/aromatic N) is 2. The van der Waals surface area contributed by atoms with Crippen LogP contribution >= 0.6 is 12.2 Å². The molecular formula is C7H7N3S. The largest absolute Gasteiger partial charge is 0.329 e. The van der Waals surface area contributed by atoms with E-state index in [0.717, 1.165) is 15.8 Å². The molecule has 4 heteroatoms. The van der Waals surface area contributed by atoms with Crippen LogP contribution < -0.4 is 0 Å². The van der Waals surface area contributed by atoms with Crippen molar-refractivity contribution < 1.29 is 0 Å². The van der Waals surface area contributed by atoms with Crippen LogP contribution in [0.3, 0.4) is 0 Å². The van der Waals surface area contributed by atoms with E-state index in [1.165, 1.54) is 0 Å². The minimum atomic E-state index is 0.730. The van der Waals surface area contributed by atoms with Gasteiger partial charge >= 0.3 is 0 Å². The van der Waals surface area contributed by atoms with Crippen LogP contribution in [0.5, 0.6) is 0 Å². The molecule has 1 N–H and O–H groups in total. The van der Waals surface area contributed by atoms with Gasteiger partial charge in [-0.1, -0.05) is 0 Å². The molecule has 0 saturated carbocycles. The van der Waals surface area contributed by atoms with Gasteiger partial charge in [-0.15, -0.1) is 0 Å². The third-order valence-corrected chi connectivity index (χ3v) is 2.08. The lowest BCUT2D eigenvalue weighted by Gasteiger charge is -1.90. The molecular weight excluding hydrogens is 158 g/mol. The van der Waals surface area contributed by atoms with Gasteiger partial charge in [0.2, 0.25) is 0 Å². The molecule has 0 unspecified atom stereocenters. The van der Waals surface area contributed by atoms with Gasteiger partial charge in [-0.05, 0) is 18.3 Å². The van der Waals surface area contributed by atoms with Gasteiger partial charge in [-0.3, -0.25) is 4.98 Å². The lowest BCUT2D eigenvalue weighted by Crippen LogP contribution is -1.85. The van der Waals surface area contributed by atoms with Crippen molar-refractivity contribution in [2.24, 2.45) is 7.05 Å². The van der Waals surface area contributed by atoms with Gasteiger partial charge < -0.3 is 9.55 Å². The summed E-state index contributed by atoms with van der Waals surface area (Å²) in [6.07, 6.45) is 3.52. The predicted octanol–water partition coefficient (Wildman–Crippen LogP) is 1.63. The van der Waals surface area contributed by atoms with E-state index in [1.807, 2.05) is 17.7 Å². The fraction of sp³-hybridized carbons (Fsp3) is 0.143. The Balaban J connectivity index is 3.04. The van der Waals surface area contributed by atoms with Crippen LogP contribution in [0.2, 0.25) is 0 Å². The first-order chi connectivity index (χ1) is 5.29. The molecule has 2 rings (SSSR count). The fourth-order valence-corrected chi connectivity index (χ4v) is 1.29. The highest BCUT2D eigenvalue weighted by Gasteiger charge is 1.97. The van der Waals surface area contributed by atoms with E-state index in [2.05, 4.69) is 9.97 Å². The summed E-state index contributed by atoms with van der Waals surface area (Å²) in [5, 5.41) is 0. The summed E-state index contributed by atoms with van der Waals surface area (Å²) in [7, 11) is 1.93. The Bertz CT molecular complexity index is 440. The first-order valence-corrected chi connectivity index (χ1v) is 3.68. The molecule has 0 atom stereocenters. The first-order valence-electron chi connectivity index (χ1n) is 3.28. The highest BCUT2D eigenvalue weighted by molar-refractivity contribution is 7.71. The van der Waals surface area contributed by atoms with Crippen LogP contribution in [0.15, 0.2) is 18.5 Å². The molecule has 0 aliphatic carbocycles. The van der Waals surface area contributed by atoms with Crippen LogP contribution in [0.1, 0.15) is 0 Å². The van der Waals surface area contributed by atoms with E-state index in [9.17, 15) is 0 Å². The molecule has 0 radical (unpaired) electrons. The molecule has 0 amide bonds. The Labute approximate surface area is 68.7 Å². The summed E-state index contributed by atoms with van der Waals surface area (Å²) in [5.74, 6) is 0. The summed E-state index contributed by atoms with van der Waals surface area (Å²) in [6.45, 7) is 0. The second kappa shape index (κ2) is 2.17. The van der Waals surface area contributed by atoms with Crippen molar-refractivity contribution in [3.05, 3.63) is 23.2 Å². The van der Waals surface area contributed by atoms with E-state index < -0.39 is 0 Å². The van der Waals surface area contributed by atoms with Crippen molar-refractivity contribution in [2.45, 2.75) is 0 Å². The molecule has 0 aliphatic heterocycles. The molecule has 2 aromatic heterocycles. The Hall–Kier alpha value is -1.16. The van der Waals surface area contributed by atoms with Gasteiger partial charge in [0.05, 0.1) is 17.2 Å². The number of H-pyrrole nitrogens is 1. The number of fused-ring (bicyclic) bond motifs is 1. The van der Waals surface area contributed by atoms with Gasteiger partial charge in [-0.2, -0.15) is 0 Å². The second-order valence-corrected chi connectivity index (χ2v) is 2.77. The van der Waals surface area contributed by atoms with Crippen molar-refractivity contribution in [3.8, 4) is 0 Å². The van der Waals surface area contributed by atoms with E-state index in [4.69, 9.17) is 12.2 Å². The van der Waals surface area contributed by atoms with Crippen LogP contribution in [0.25, 0.3) is 11.0 Å². The Morgan fingerprint density at radius 1 is 1.64 bits per heavy atom. The van der Waals surface area contributed by atoms with Gasteiger partial charge in [0.1, 0.15) is 0 Å². The molecule has 3 nitrogen and oxygen atoms in total. The van der Waals surface area contributed by atoms with Crippen LogP contribution in [0, 0.1) is 4.77 Å². The number of hydrogen-bond donors (Lipinski definition) is 1. The summed E-state index contributed by atoms with van der Waals surface area (Å²) in [4.78, 5) is 7.02. The molecule has 0 aromatic carbocycles. The lowest BCUT2D eigenvalue weighted by atomic mass is 10.4. The zero-order valence-corrected chi connectivity index (χ0v) is 6.85. The maximum absolute atomic E-state index is 5.03. The molecule has 0 fully saturated rings. The van der Waals surface area contributed by atoms with Crippen LogP contribution in [0.4, 0.5) is 0 Å². The average molecular weight is 165 g/mol. The zero-order chi connectivity index (χ0) is 7.84. The van der Waals surface area contributed by atoms with E-state index in [-0.39, 0.29) is 0 Å². The standard InChI is InChI=1S/C7H7N3S/c1-10-6-2-3-8-4-5(6)9-7(10)11/h2-4H,1H3,(H,9,11). The summed E-state index contributed by atoms with van der Waals surface area (Å²) >= 11 is 5.03. The minimum absolute atomic E-state index is 0.730. The first kappa shape index (κ1) is 6.54. The third-order valence-electron chi connectivity index (χ3n) is 1.71. The lowest BCUT2D eigenvalue weighted by molar-refractivity contribution is 0.927. The Morgan fingerprint density at radius 3 is 3.18 bits per heavy atom. The maximum atomic E-state index is 5.03. The summed E-state index contributed by atoms with van der Waals surface area (Å²) < 4.78 is 2.65. The molecule has 2 aromatic rings. The molecule has 2 heterocycles. The number of aromatic nitrogens is 3. The number of pyridine rings is 1. The van der Waals surface area contributed by atoms with Crippen molar-refractivity contribution in [2.75, 3.05) is 0 Å². The smallest absolute Gasteiger partial charge is 0.177 e. The predicted molar refractivity (Wildman–Crippen MR) is 45.9 cm³/mol. The van der Waals surface area contributed by atoms with Crippen molar-refractivity contribution in [3.63, 3.8) is 0 Å². The average Bonchev–Trinajstić information content (AvgIpc) is 2.30. The normalized spacial score (nSPS) is 10.6. The van der Waals surface area contributed by atoms with Gasteiger partial charge in [0.25, 0.3) is 0 Å². The SMILES string of the molecule is Cn1c(=S)[nH]c2cnccc21. The molecule has 0 saturated heterocycles. The van der Waals surface area contributed by atoms with Gasteiger partial charge in [0.15, 0.2) is 4.77 Å². The van der Waals surface area contributed by atoms with E-state index in [1.54, 1.807) is 12.4 Å². The summed E-state index contributed by atoms with van der Waals surface area (Å²) in [5.41, 5.74) is 2.07. The highest BCUT2D eigenvalue weighted by atomic mass is 32.1. The molecule has 0 bridgehead atoms. The van der Waals surface area contributed by atoms with Crippen LogP contribution in [-0.2, 0) is 7.05 Å². The number of hydrogen-bond acceptors (Lipinski definition) is 2. The molecule has 56 valence electrons. The van der Waals surface area contributed by atoms with Crippen LogP contribution in [-0.4, -0.2) is 14.5 Å². The number of aromatic amines is 1. The van der Waals surface area contributed by atoms with Crippen molar-refractivity contribution in [1.29, 1.82) is 0 Å². The second-order valence-electron chi connectivity index (χ2n) is 2.38. The molecule has 0 aliphatic rings. The van der Waals surface area contributed by atoms with Gasteiger partial charge in [0, 0.05) is 13.2 Å². The fourth-order valence-electron chi connectivity index (χ4n) is 1.08. The van der Waals surface area contributed by atoms with E-state index in [0.29, 0.717) is 0 Å². The third kappa shape index (κ3) is 0.867. The zero-order valence-electron chi connectivity index (χ0n) is 6.03. The topological polar surface area (TPSA) is 33.6 Å². The van der Waals surface area contributed by atoms with Gasteiger partial charge in [-0.25, -0.2) is 0 Å². The quantitative estimate of drug-likeness (QED) is 0.602. The van der Waals surface area contributed by atoms with Crippen molar-refractivity contribution >= 4 is 23.3 Å². The monoisotopic (exact) mass is 165 g/mol. The number of aryl methyl sites for hydroxylation is 1. The molecule has 0 spiro atoms. The summed E-state index contributed by atoms with van der Waals surface area (Å²) in [6, 6.07) is 1.93. The minimum Gasteiger partial charge on any atom is -0.329 e. The Morgan fingerprint density at radius 2 is 2.45 bits per heavy atom. The number of nitrogens with one attached hydrogen (secondary N) is 1. The molecule has 11 heavy (non-hydrogen) atoms. The van der Waals surface area contributed by atoms with E-state index >= 15 is 0 Å². The Kier molecular flexibility index (Phi) is 1.29. The van der Waals surface area contributed by atoms with Crippen molar-refractivity contribution in [1.82, 2.24) is 14.5 Å². The number of imidazole rings is 1.